The Kier molecular flexibility index (Phi) is 4.12. The first kappa shape index (κ1) is 12.1. The molecule has 2 rings (SSSR count). The first-order valence-electron chi connectivity index (χ1n) is 6.01. The topological polar surface area (TPSA) is 44.9 Å². The smallest absolute Gasteiger partial charge is 0.0541 e. The van der Waals surface area contributed by atoms with Crippen LogP contribution in [0.1, 0.15) is 11.1 Å². The molecule has 1 heterocycles. The molecule has 17 heavy (non-hydrogen) atoms. The molecule has 0 atom stereocenters. The largest absolute Gasteiger partial charge is 0.323 e. The third kappa shape index (κ3) is 3.28. The second-order valence-electron chi connectivity index (χ2n) is 4.56. The minimum Gasteiger partial charge on any atom is -0.323 e. The molecule has 2 N–H and O–H groups in total. The van der Waals surface area contributed by atoms with Crippen LogP contribution in [0.3, 0.4) is 0 Å². The van der Waals surface area contributed by atoms with Gasteiger partial charge in [-0.25, -0.2) is 0 Å². The van der Waals surface area contributed by atoms with E-state index in [-0.39, 0.29) is 0 Å². The molecule has 0 aliphatic carbocycles. The average molecular weight is 232 g/mol. The molecule has 0 radical (unpaired) electrons. The van der Waals surface area contributed by atoms with Gasteiger partial charge in [-0.15, -0.1) is 0 Å². The Morgan fingerprint density at radius 3 is 2.65 bits per heavy atom. The zero-order chi connectivity index (χ0) is 12.1. The second kappa shape index (κ2) is 5.80. The lowest BCUT2D eigenvalue weighted by atomic mass is 10.1. The average Bonchev–Trinajstić information content (AvgIpc) is 2.35. The molecule has 92 valence electrons. The SMILES string of the molecule is CN1CCN(Cc2ccccc2C=NN)CC1. The molecule has 4 heteroatoms. The highest BCUT2D eigenvalue weighted by Crippen LogP contribution is 2.11. The Morgan fingerprint density at radius 1 is 1.24 bits per heavy atom. The van der Waals surface area contributed by atoms with Crippen LogP contribution in [0.15, 0.2) is 29.4 Å². The molecular formula is C13H20N4. The number of nitrogens with two attached hydrogens (primary N) is 1. The van der Waals surface area contributed by atoms with Gasteiger partial charge in [-0.3, -0.25) is 4.90 Å². The molecule has 1 aromatic rings. The van der Waals surface area contributed by atoms with E-state index in [1.807, 2.05) is 6.07 Å². The highest BCUT2D eigenvalue weighted by atomic mass is 15.2. The fraction of sp³-hybridized carbons (Fsp3) is 0.462. The molecule has 0 saturated carbocycles. The van der Waals surface area contributed by atoms with Gasteiger partial charge in [0, 0.05) is 32.7 Å². The molecule has 0 amide bonds. The summed E-state index contributed by atoms with van der Waals surface area (Å²) in [6.07, 6.45) is 1.73. The van der Waals surface area contributed by atoms with E-state index in [0.717, 1.165) is 38.3 Å². The molecule has 0 aromatic heterocycles. The van der Waals surface area contributed by atoms with E-state index in [0.29, 0.717) is 0 Å². The second-order valence-corrected chi connectivity index (χ2v) is 4.56. The van der Waals surface area contributed by atoms with Gasteiger partial charge in [0.25, 0.3) is 0 Å². The van der Waals surface area contributed by atoms with Gasteiger partial charge >= 0.3 is 0 Å². The molecule has 1 aliphatic rings. The lowest BCUT2D eigenvalue weighted by Gasteiger charge is -2.32. The Morgan fingerprint density at radius 2 is 1.94 bits per heavy atom. The number of rotatable bonds is 3. The van der Waals surface area contributed by atoms with Gasteiger partial charge in [0.05, 0.1) is 6.21 Å². The van der Waals surface area contributed by atoms with Crippen LogP contribution in [-0.2, 0) is 6.54 Å². The number of hydrazone groups is 1. The molecule has 4 nitrogen and oxygen atoms in total. The van der Waals surface area contributed by atoms with E-state index in [1.54, 1.807) is 6.21 Å². The summed E-state index contributed by atoms with van der Waals surface area (Å²) >= 11 is 0. The Balaban J connectivity index is 2.03. The summed E-state index contributed by atoms with van der Waals surface area (Å²) in [5, 5.41) is 3.62. The van der Waals surface area contributed by atoms with Crippen LogP contribution in [0.4, 0.5) is 0 Å². The normalized spacial score (nSPS) is 18.9. The van der Waals surface area contributed by atoms with Crippen LogP contribution < -0.4 is 5.84 Å². The number of nitrogens with zero attached hydrogens (tertiary/aromatic N) is 3. The fourth-order valence-electron chi connectivity index (χ4n) is 2.13. The van der Waals surface area contributed by atoms with Crippen molar-refractivity contribution < 1.29 is 0 Å². The van der Waals surface area contributed by atoms with Crippen molar-refractivity contribution in [2.45, 2.75) is 6.54 Å². The lowest BCUT2D eigenvalue weighted by molar-refractivity contribution is 0.148. The lowest BCUT2D eigenvalue weighted by Crippen LogP contribution is -2.44. The summed E-state index contributed by atoms with van der Waals surface area (Å²) in [6, 6.07) is 8.29. The van der Waals surface area contributed by atoms with Gasteiger partial charge < -0.3 is 10.7 Å². The summed E-state index contributed by atoms with van der Waals surface area (Å²) in [5.74, 6) is 5.23. The number of hydrogen-bond donors (Lipinski definition) is 1. The van der Waals surface area contributed by atoms with Crippen molar-refractivity contribution in [1.82, 2.24) is 9.80 Å². The number of likely N-dealkylation sites (N-methyl/N-ethyl adjacent to an activating group) is 1. The Labute approximate surface area is 103 Å². The van der Waals surface area contributed by atoms with E-state index in [1.165, 1.54) is 5.56 Å². The van der Waals surface area contributed by atoms with Crippen molar-refractivity contribution in [3.05, 3.63) is 35.4 Å². The number of piperazine rings is 1. The fourth-order valence-corrected chi connectivity index (χ4v) is 2.13. The summed E-state index contributed by atoms with van der Waals surface area (Å²) in [5.41, 5.74) is 2.42. The Bertz CT molecular complexity index is 381. The maximum absolute atomic E-state index is 5.23. The van der Waals surface area contributed by atoms with Crippen molar-refractivity contribution in [2.24, 2.45) is 10.9 Å². The van der Waals surface area contributed by atoms with Crippen LogP contribution >= 0.6 is 0 Å². The highest BCUT2D eigenvalue weighted by Gasteiger charge is 2.14. The molecule has 1 aromatic carbocycles. The summed E-state index contributed by atoms with van der Waals surface area (Å²) in [7, 11) is 2.17. The predicted octanol–water partition coefficient (Wildman–Crippen LogP) is 0.727. The van der Waals surface area contributed by atoms with Gasteiger partial charge in [-0.05, 0) is 18.2 Å². The Hall–Kier alpha value is -1.39. The molecule has 0 bridgehead atoms. The maximum atomic E-state index is 5.23. The monoisotopic (exact) mass is 232 g/mol. The zero-order valence-electron chi connectivity index (χ0n) is 10.3. The quantitative estimate of drug-likeness (QED) is 0.474. The van der Waals surface area contributed by atoms with E-state index in [4.69, 9.17) is 5.84 Å². The van der Waals surface area contributed by atoms with Crippen molar-refractivity contribution in [2.75, 3.05) is 33.2 Å². The number of hydrogen-bond acceptors (Lipinski definition) is 4. The first-order valence-corrected chi connectivity index (χ1v) is 6.01. The van der Waals surface area contributed by atoms with Crippen LogP contribution in [0.2, 0.25) is 0 Å². The van der Waals surface area contributed by atoms with Crippen LogP contribution in [0, 0.1) is 0 Å². The van der Waals surface area contributed by atoms with Crippen molar-refractivity contribution in [3.8, 4) is 0 Å². The van der Waals surface area contributed by atoms with Gasteiger partial charge in [-0.1, -0.05) is 24.3 Å². The predicted molar refractivity (Wildman–Crippen MR) is 71.0 cm³/mol. The standard InChI is InChI=1S/C13H20N4/c1-16-6-8-17(9-7-16)11-13-5-3-2-4-12(13)10-15-14/h2-5,10H,6-9,11,14H2,1H3. The van der Waals surface area contributed by atoms with Crippen molar-refractivity contribution in [1.29, 1.82) is 0 Å². The van der Waals surface area contributed by atoms with Crippen molar-refractivity contribution in [3.63, 3.8) is 0 Å². The van der Waals surface area contributed by atoms with Gasteiger partial charge in [-0.2, -0.15) is 5.10 Å². The van der Waals surface area contributed by atoms with Gasteiger partial charge in [0.2, 0.25) is 0 Å². The molecule has 1 saturated heterocycles. The van der Waals surface area contributed by atoms with Crippen molar-refractivity contribution >= 4 is 6.21 Å². The van der Waals surface area contributed by atoms with Crippen LogP contribution in [0.25, 0.3) is 0 Å². The van der Waals surface area contributed by atoms with Gasteiger partial charge in [0.15, 0.2) is 0 Å². The minimum absolute atomic E-state index is 0.982. The summed E-state index contributed by atoms with van der Waals surface area (Å²) in [6.45, 7) is 5.53. The molecular weight excluding hydrogens is 212 g/mol. The highest BCUT2D eigenvalue weighted by molar-refractivity contribution is 5.81. The molecule has 0 spiro atoms. The molecule has 0 unspecified atom stereocenters. The third-order valence-electron chi connectivity index (χ3n) is 3.26. The van der Waals surface area contributed by atoms with Gasteiger partial charge in [0.1, 0.15) is 0 Å². The van der Waals surface area contributed by atoms with E-state index in [9.17, 15) is 0 Å². The van der Waals surface area contributed by atoms with Crippen LogP contribution in [0.5, 0.6) is 0 Å². The summed E-state index contributed by atoms with van der Waals surface area (Å²) in [4.78, 5) is 4.84. The summed E-state index contributed by atoms with van der Waals surface area (Å²) < 4.78 is 0. The van der Waals surface area contributed by atoms with E-state index < -0.39 is 0 Å². The zero-order valence-corrected chi connectivity index (χ0v) is 10.3. The van der Waals surface area contributed by atoms with E-state index in [2.05, 4.69) is 40.1 Å². The maximum Gasteiger partial charge on any atom is 0.0541 e. The minimum atomic E-state index is 0.982. The van der Waals surface area contributed by atoms with E-state index >= 15 is 0 Å². The molecule has 1 aliphatic heterocycles. The number of benzene rings is 1. The molecule has 1 fully saturated rings. The first-order chi connectivity index (χ1) is 8.29. The van der Waals surface area contributed by atoms with Crippen LogP contribution in [-0.4, -0.2) is 49.2 Å². The third-order valence-corrected chi connectivity index (χ3v) is 3.26.